The van der Waals surface area contributed by atoms with Crippen LogP contribution in [-0.2, 0) is 5.33 Å². The second-order valence-electron chi connectivity index (χ2n) is 2.92. The summed E-state index contributed by atoms with van der Waals surface area (Å²) in [7, 11) is 1.39. The summed E-state index contributed by atoms with van der Waals surface area (Å²) < 4.78 is 45.1. The SMILES string of the molecule is COc1cc(CBr)c(OC(F)(F)F)c(C)n1. The largest absolute Gasteiger partial charge is 0.573 e. The standard InChI is InChI=1S/C9H9BrF3NO2/c1-5-8(16-9(11,12)13)6(4-10)3-7(14-5)15-2/h3H,4H2,1-2H3. The van der Waals surface area contributed by atoms with E-state index in [9.17, 15) is 13.2 Å². The summed E-state index contributed by atoms with van der Waals surface area (Å²) in [5, 5.41) is 0.220. The quantitative estimate of drug-likeness (QED) is 0.803. The first kappa shape index (κ1) is 13.1. The Morgan fingerprint density at radius 3 is 2.50 bits per heavy atom. The number of rotatable bonds is 3. The van der Waals surface area contributed by atoms with E-state index in [1.165, 1.54) is 20.1 Å². The number of methoxy groups -OCH3 is 1. The molecule has 7 heteroatoms. The highest BCUT2D eigenvalue weighted by Gasteiger charge is 2.33. The molecule has 0 aromatic carbocycles. The molecule has 0 radical (unpaired) electrons. The van der Waals surface area contributed by atoms with Crippen LogP contribution in [0.2, 0.25) is 0 Å². The Kier molecular flexibility index (Phi) is 4.01. The highest BCUT2D eigenvalue weighted by Crippen LogP contribution is 2.32. The van der Waals surface area contributed by atoms with Crippen molar-refractivity contribution in [3.63, 3.8) is 0 Å². The van der Waals surface area contributed by atoms with Crippen LogP contribution in [0.5, 0.6) is 11.6 Å². The minimum atomic E-state index is -4.72. The van der Waals surface area contributed by atoms with Gasteiger partial charge in [0, 0.05) is 17.0 Å². The van der Waals surface area contributed by atoms with Crippen LogP contribution in [0.1, 0.15) is 11.3 Å². The Morgan fingerprint density at radius 2 is 2.06 bits per heavy atom. The summed E-state index contributed by atoms with van der Waals surface area (Å²) >= 11 is 3.08. The van der Waals surface area contributed by atoms with E-state index in [1.54, 1.807) is 0 Å². The van der Waals surface area contributed by atoms with Crippen molar-refractivity contribution in [1.82, 2.24) is 4.98 Å². The molecule has 0 saturated heterocycles. The van der Waals surface area contributed by atoms with Gasteiger partial charge < -0.3 is 9.47 Å². The fourth-order valence-corrected chi connectivity index (χ4v) is 1.57. The molecule has 1 rings (SSSR count). The van der Waals surface area contributed by atoms with Crippen molar-refractivity contribution in [3.8, 4) is 11.6 Å². The predicted octanol–water partition coefficient (Wildman–Crippen LogP) is 3.19. The summed E-state index contributed by atoms with van der Waals surface area (Å²) in [5.74, 6) is -0.0355. The molecule has 3 nitrogen and oxygen atoms in total. The number of nitrogens with zero attached hydrogens (tertiary/aromatic N) is 1. The van der Waals surface area contributed by atoms with Crippen LogP contribution in [0.4, 0.5) is 13.2 Å². The topological polar surface area (TPSA) is 31.4 Å². The average Bonchev–Trinajstić information content (AvgIpc) is 2.19. The molecule has 0 amide bonds. The van der Waals surface area contributed by atoms with Crippen LogP contribution >= 0.6 is 15.9 Å². The highest BCUT2D eigenvalue weighted by molar-refractivity contribution is 9.08. The normalized spacial score (nSPS) is 11.4. The lowest BCUT2D eigenvalue weighted by Gasteiger charge is -2.14. The number of alkyl halides is 4. The van der Waals surface area contributed by atoms with Crippen molar-refractivity contribution in [1.29, 1.82) is 0 Å². The molecule has 1 aromatic rings. The van der Waals surface area contributed by atoms with Crippen LogP contribution in [0.15, 0.2) is 6.07 Å². The lowest BCUT2D eigenvalue weighted by atomic mass is 10.2. The maximum atomic E-state index is 12.1. The van der Waals surface area contributed by atoms with E-state index in [1.807, 2.05) is 0 Å². The molecule has 0 N–H and O–H groups in total. The van der Waals surface area contributed by atoms with Crippen LogP contribution in [0.25, 0.3) is 0 Å². The van der Waals surface area contributed by atoms with Crippen LogP contribution in [-0.4, -0.2) is 18.5 Å². The molecule has 16 heavy (non-hydrogen) atoms. The van der Waals surface area contributed by atoms with Gasteiger partial charge in [-0.2, -0.15) is 0 Å². The molecule has 1 aromatic heterocycles. The Hall–Kier alpha value is -0.980. The van der Waals surface area contributed by atoms with Crippen LogP contribution in [0, 0.1) is 6.92 Å². The highest BCUT2D eigenvalue weighted by atomic mass is 79.9. The van der Waals surface area contributed by atoms with Gasteiger partial charge in [0.2, 0.25) is 5.88 Å². The minimum absolute atomic E-state index is 0.131. The number of halogens is 4. The summed E-state index contributed by atoms with van der Waals surface area (Å²) in [6.07, 6.45) is -4.72. The Morgan fingerprint density at radius 1 is 1.44 bits per heavy atom. The van der Waals surface area contributed by atoms with Crippen LogP contribution in [0.3, 0.4) is 0 Å². The van der Waals surface area contributed by atoms with Crippen molar-refractivity contribution >= 4 is 15.9 Å². The molecule has 90 valence electrons. The van der Waals surface area contributed by atoms with Crippen LogP contribution < -0.4 is 9.47 Å². The number of pyridine rings is 1. The number of hydrogen-bond donors (Lipinski definition) is 0. The Bertz CT molecular complexity index is 382. The molecule has 0 aliphatic heterocycles. The predicted molar refractivity (Wildman–Crippen MR) is 54.8 cm³/mol. The zero-order valence-corrected chi connectivity index (χ0v) is 10.1. The second kappa shape index (κ2) is 4.90. The van der Waals surface area contributed by atoms with Gasteiger partial charge in [0.25, 0.3) is 0 Å². The number of hydrogen-bond acceptors (Lipinski definition) is 3. The van der Waals surface area contributed by atoms with E-state index in [2.05, 4.69) is 25.7 Å². The number of aryl methyl sites for hydroxylation is 1. The lowest BCUT2D eigenvalue weighted by Crippen LogP contribution is -2.19. The first-order valence-corrected chi connectivity index (χ1v) is 5.35. The van der Waals surface area contributed by atoms with E-state index in [0.29, 0.717) is 5.56 Å². The smallest absolute Gasteiger partial charge is 0.481 e. The van der Waals surface area contributed by atoms with Gasteiger partial charge in [-0.1, -0.05) is 15.9 Å². The van der Waals surface area contributed by atoms with Gasteiger partial charge in [-0.15, -0.1) is 13.2 Å². The molecule has 0 saturated carbocycles. The van der Waals surface area contributed by atoms with Gasteiger partial charge in [0.05, 0.1) is 12.8 Å². The van der Waals surface area contributed by atoms with Crippen molar-refractivity contribution in [3.05, 3.63) is 17.3 Å². The van der Waals surface area contributed by atoms with Gasteiger partial charge in [-0.05, 0) is 6.92 Å². The van der Waals surface area contributed by atoms with Crippen molar-refractivity contribution < 1.29 is 22.6 Å². The maximum Gasteiger partial charge on any atom is 0.573 e. The van der Waals surface area contributed by atoms with E-state index in [-0.39, 0.29) is 22.7 Å². The van der Waals surface area contributed by atoms with Gasteiger partial charge in [0.15, 0.2) is 5.75 Å². The molecule has 0 aliphatic carbocycles. The summed E-state index contributed by atoms with van der Waals surface area (Å²) in [6, 6.07) is 1.39. The first-order valence-electron chi connectivity index (χ1n) is 4.23. The molecule has 0 fully saturated rings. The molecule has 0 bridgehead atoms. The fourth-order valence-electron chi connectivity index (χ4n) is 1.15. The molecule has 0 unspecified atom stereocenters. The number of ether oxygens (including phenoxy) is 2. The van der Waals surface area contributed by atoms with Crippen molar-refractivity contribution in [2.24, 2.45) is 0 Å². The third-order valence-corrected chi connectivity index (χ3v) is 2.37. The van der Waals surface area contributed by atoms with Gasteiger partial charge >= 0.3 is 6.36 Å². The molecule has 0 atom stereocenters. The molecule has 0 spiro atoms. The zero-order valence-electron chi connectivity index (χ0n) is 8.56. The van der Waals surface area contributed by atoms with E-state index in [4.69, 9.17) is 4.74 Å². The summed E-state index contributed by atoms with van der Waals surface area (Å²) in [6.45, 7) is 1.43. The average molecular weight is 300 g/mol. The lowest BCUT2D eigenvalue weighted by molar-refractivity contribution is -0.275. The molecular weight excluding hydrogens is 291 g/mol. The fraction of sp³-hybridized carbons (Fsp3) is 0.444. The summed E-state index contributed by atoms with van der Waals surface area (Å²) in [5.41, 5.74) is 0.466. The molecular formula is C9H9BrF3NO2. The minimum Gasteiger partial charge on any atom is -0.481 e. The van der Waals surface area contributed by atoms with Gasteiger partial charge in [0.1, 0.15) is 0 Å². The van der Waals surface area contributed by atoms with E-state index >= 15 is 0 Å². The zero-order chi connectivity index (χ0) is 12.3. The van der Waals surface area contributed by atoms with Crippen molar-refractivity contribution in [2.45, 2.75) is 18.6 Å². The maximum absolute atomic E-state index is 12.1. The molecule has 1 heterocycles. The van der Waals surface area contributed by atoms with Gasteiger partial charge in [-0.25, -0.2) is 4.98 Å². The first-order chi connectivity index (χ1) is 7.37. The molecule has 0 aliphatic rings. The summed E-state index contributed by atoms with van der Waals surface area (Å²) in [4.78, 5) is 3.82. The Balaban J connectivity index is 3.16. The second-order valence-corrected chi connectivity index (χ2v) is 3.48. The monoisotopic (exact) mass is 299 g/mol. The van der Waals surface area contributed by atoms with Crippen molar-refractivity contribution in [2.75, 3.05) is 7.11 Å². The van der Waals surface area contributed by atoms with Gasteiger partial charge in [-0.3, -0.25) is 0 Å². The third-order valence-electron chi connectivity index (χ3n) is 1.77. The Labute approximate surface area is 98.7 Å². The number of aromatic nitrogens is 1. The van der Waals surface area contributed by atoms with E-state index < -0.39 is 6.36 Å². The van der Waals surface area contributed by atoms with E-state index in [0.717, 1.165) is 0 Å². The third kappa shape index (κ3) is 3.26.